The number of aromatic nitrogens is 2. The summed E-state index contributed by atoms with van der Waals surface area (Å²) in [6.45, 7) is 4.35. The molecule has 1 aromatic rings. The van der Waals surface area contributed by atoms with Crippen molar-refractivity contribution in [2.75, 3.05) is 13.1 Å². The molecule has 0 amide bonds. The molecule has 1 aromatic heterocycles. The van der Waals surface area contributed by atoms with Crippen LogP contribution < -0.4 is 5.73 Å². The van der Waals surface area contributed by atoms with Gasteiger partial charge in [-0.05, 0) is 19.0 Å². The average molecular weight is 194 g/mol. The smallest absolute Gasteiger partial charge is 0.0670 e. The van der Waals surface area contributed by atoms with Crippen molar-refractivity contribution in [3.63, 3.8) is 0 Å². The predicted molar refractivity (Wildman–Crippen MR) is 55.8 cm³/mol. The molecular formula is C10H18N4. The van der Waals surface area contributed by atoms with Crippen LogP contribution in [0.4, 0.5) is 0 Å². The lowest BCUT2D eigenvalue weighted by Gasteiger charge is -2.25. The number of rotatable bonds is 2. The van der Waals surface area contributed by atoms with Crippen molar-refractivity contribution in [2.45, 2.75) is 25.4 Å². The molecule has 0 aliphatic carbocycles. The molecule has 4 heteroatoms. The molecule has 0 radical (unpaired) electrons. The summed E-state index contributed by atoms with van der Waals surface area (Å²) < 4.78 is 1.93. The highest BCUT2D eigenvalue weighted by Gasteiger charge is 2.33. The zero-order chi connectivity index (χ0) is 10.1. The first-order valence-corrected chi connectivity index (χ1v) is 5.21. The first-order chi connectivity index (χ1) is 6.74. The van der Waals surface area contributed by atoms with Gasteiger partial charge in [-0.3, -0.25) is 9.58 Å². The first-order valence-electron chi connectivity index (χ1n) is 5.21. The van der Waals surface area contributed by atoms with E-state index in [0.717, 1.165) is 19.5 Å². The highest BCUT2D eigenvalue weighted by molar-refractivity contribution is 5.12. The topological polar surface area (TPSA) is 47.1 Å². The van der Waals surface area contributed by atoms with Crippen molar-refractivity contribution in [1.29, 1.82) is 0 Å². The third-order valence-corrected chi connectivity index (χ3v) is 3.12. The van der Waals surface area contributed by atoms with Gasteiger partial charge in [0.1, 0.15) is 0 Å². The Labute approximate surface area is 84.7 Å². The van der Waals surface area contributed by atoms with Crippen LogP contribution in [0.1, 0.15) is 25.1 Å². The van der Waals surface area contributed by atoms with Gasteiger partial charge in [-0.1, -0.05) is 6.92 Å². The Morgan fingerprint density at radius 2 is 2.43 bits per heavy atom. The molecule has 0 bridgehead atoms. The summed E-state index contributed by atoms with van der Waals surface area (Å²) in [4.78, 5) is 2.42. The molecule has 0 aromatic carbocycles. The van der Waals surface area contributed by atoms with Crippen molar-refractivity contribution in [3.8, 4) is 0 Å². The van der Waals surface area contributed by atoms with Crippen LogP contribution in [0.25, 0.3) is 0 Å². The van der Waals surface area contributed by atoms with E-state index < -0.39 is 0 Å². The van der Waals surface area contributed by atoms with E-state index >= 15 is 0 Å². The number of hydrogen-bond donors (Lipinski definition) is 1. The van der Waals surface area contributed by atoms with E-state index in [0.29, 0.717) is 6.04 Å². The van der Waals surface area contributed by atoms with Gasteiger partial charge < -0.3 is 5.73 Å². The maximum absolute atomic E-state index is 6.12. The Balaban J connectivity index is 2.27. The normalized spacial score (nSPS) is 28.5. The molecule has 2 unspecified atom stereocenters. The van der Waals surface area contributed by atoms with E-state index in [1.54, 1.807) is 0 Å². The van der Waals surface area contributed by atoms with Gasteiger partial charge in [-0.15, -0.1) is 0 Å². The van der Waals surface area contributed by atoms with Gasteiger partial charge in [-0.25, -0.2) is 0 Å². The maximum Gasteiger partial charge on any atom is 0.0670 e. The number of nitrogens with zero attached hydrogens (tertiary/aromatic N) is 3. The van der Waals surface area contributed by atoms with Gasteiger partial charge in [-0.2, -0.15) is 5.10 Å². The molecule has 14 heavy (non-hydrogen) atoms. The summed E-state index contributed by atoms with van der Waals surface area (Å²) in [5.74, 6) is 0. The average Bonchev–Trinajstić information content (AvgIpc) is 2.72. The molecule has 1 saturated heterocycles. The van der Waals surface area contributed by atoms with Gasteiger partial charge in [0.15, 0.2) is 0 Å². The number of likely N-dealkylation sites (N-methyl/N-ethyl adjacent to an activating group) is 1. The van der Waals surface area contributed by atoms with Crippen LogP contribution in [0.15, 0.2) is 12.3 Å². The van der Waals surface area contributed by atoms with E-state index in [-0.39, 0.29) is 6.04 Å². The second-order valence-electron chi connectivity index (χ2n) is 3.91. The summed E-state index contributed by atoms with van der Waals surface area (Å²) in [5.41, 5.74) is 7.36. The summed E-state index contributed by atoms with van der Waals surface area (Å²) >= 11 is 0. The molecular weight excluding hydrogens is 176 g/mol. The van der Waals surface area contributed by atoms with E-state index in [1.807, 2.05) is 17.9 Å². The van der Waals surface area contributed by atoms with Crippen LogP contribution in [-0.4, -0.2) is 33.8 Å². The van der Waals surface area contributed by atoms with E-state index in [2.05, 4.69) is 23.0 Å². The molecule has 1 aliphatic heterocycles. The van der Waals surface area contributed by atoms with Crippen LogP contribution in [0.2, 0.25) is 0 Å². The Bertz CT molecular complexity index is 307. The fraction of sp³-hybridized carbons (Fsp3) is 0.700. The van der Waals surface area contributed by atoms with Gasteiger partial charge >= 0.3 is 0 Å². The lowest BCUT2D eigenvalue weighted by atomic mass is 10.1. The van der Waals surface area contributed by atoms with Crippen LogP contribution in [-0.2, 0) is 7.05 Å². The molecule has 1 fully saturated rings. The predicted octanol–water partition coefficient (Wildman–Crippen LogP) is 0.514. The fourth-order valence-corrected chi connectivity index (χ4v) is 2.32. The molecule has 78 valence electrons. The maximum atomic E-state index is 6.12. The minimum atomic E-state index is 0.255. The fourth-order valence-electron chi connectivity index (χ4n) is 2.32. The third kappa shape index (κ3) is 1.44. The van der Waals surface area contributed by atoms with Crippen LogP contribution >= 0.6 is 0 Å². The lowest BCUT2D eigenvalue weighted by Crippen LogP contribution is -2.33. The number of likely N-dealkylation sites (tertiary alicyclic amines) is 1. The Morgan fingerprint density at radius 1 is 1.64 bits per heavy atom. The summed E-state index contributed by atoms with van der Waals surface area (Å²) in [6, 6.07) is 2.68. The Morgan fingerprint density at radius 3 is 3.00 bits per heavy atom. The number of nitrogens with two attached hydrogens (primary N) is 1. The standard InChI is InChI=1S/C10H18N4/c1-3-14-7-5-8(11)10(14)9-4-6-12-13(9)2/h4,6,8,10H,3,5,7,11H2,1-2H3. The zero-order valence-electron chi connectivity index (χ0n) is 8.85. The van der Waals surface area contributed by atoms with Crippen LogP contribution in [0.3, 0.4) is 0 Å². The van der Waals surface area contributed by atoms with Crippen molar-refractivity contribution in [2.24, 2.45) is 12.8 Å². The van der Waals surface area contributed by atoms with Crippen molar-refractivity contribution < 1.29 is 0 Å². The van der Waals surface area contributed by atoms with Crippen LogP contribution in [0.5, 0.6) is 0 Å². The van der Waals surface area contributed by atoms with Gasteiger partial charge in [0.2, 0.25) is 0 Å². The van der Waals surface area contributed by atoms with Gasteiger partial charge in [0.25, 0.3) is 0 Å². The molecule has 1 aliphatic rings. The highest BCUT2D eigenvalue weighted by Crippen LogP contribution is 2.29. The molecule has 0 saturated carbocycles. The second kappa shape index (κ2) is 3.71. The minimum absolute atomic E-state index is 0.255. The molecule has 2 heterocycles. The van der Waals surface area contributed by atoms with Gasteiger partial charge in [0.05, 0.1) is 11.7 Å². The SMILES string of the molecule is CCN1CCC(N)C1c1ccnn1C. The quantitative estimate of drug-likeness (QED) is 0.746. The Hall–Kier alpha value is -0.870. The van der Waals surface area contributed by atoms with Crippen molar-refractivity contribution in [3.05, 3.63) is 18.0 Å². The third-order valence-electron chi connectivity index (χ3n) is 3.12. The number of hydrogen-bond acceptors (Lipinski definition) is 3. The van der Waals surface area contributed by atoms with Crippen molar-refractivity contribution in [1.82, 2.24) is 14.7 Å². The van der Waals surface area contributed by atoms with E-state index in [9.17, 15) is 0 Å². The lowest BCUT2D eigenvalue weighted by molar-refractivity contribution is 0.251. The van der Waals surface area contributed by atoms with Crippen molar-refractivity contribution >= 4 is 0 Å². The monoisotopic (exact) mass is 194 g/mol. The summed E-state index contributed by atoms with van der Waals surface area (Å²) in [7, 11) is 1.98. The minimum Gasteiger partial charge on any atom is -0.326 e. The highest BCUT2D eigenvalue weighted by atomic mass is 15.3. The van der Waals surface area contributed by atoms with E-state index in [1.165, 1.54) is 5.69 Å². The summed E-state index contributed by atoms with van der Waals surface area (Å²) in [6.07, 6.45) is 2.93. The van der Waals surface area contributed by atoms with E-state index in [4.69, 9.17) is 5.73 Å². The zero-order valence-corrected chi connectivity index (χ0v) is 8.85. The Kier molecular flexibility index (Phi) is 2.56. The molecule has 0 spiro atoms. The molecule has 2 atom stereocenters. The first kappa shape index (κ1) is 9.68. The molecule has 2 N–H and O–H groups in total. The second-order valence-corrected chi connectivity index (χ2v) is 3.91. The van der Waals surface area contributed by atoms with Crippen LogP contribution in [0, 0.1) is 0 Å². The van der Waals surface area contributed by atoms with Gasteiger partial charge in [0, 0.05) is 25.8 Å². The number of aryl methyl sites for hydroxylation is 1. The molecule has 4 nitrogen and oxygen atoms in total. The largest absolute Gasteiger partial charge is 0.326 e. The molecule has 2 rings (SSSR count). The summed E-state index contributed by atoms with van der Waals surface area (Å²) in [5, 5.41) is 4.20.